The van der Waals surface area contributed by atoms with E-state index in [1.807, 2.05) is 25.7 Å². The molecular weight excluding hydrogens is 312 g/mol. The van der Waals surface area contributed by atoms with Gasteiger partial charge in [-0.2, -0.15) is 0 Å². The molecule has 1 fully saturated rings. The van der Waals surface area contributed by atoms with Gasteiger partial charge in [-0.05, 0) is 71.4 Å². The van der Waals surface area contributed by atoms with Crippen LogP contribution in [-0.4, -0.2) is 35.2 Å². The molecule has 0 radical (unpaired) electrons. The van der Waals surface area contributed by atoms with E-state index in [2.05, 4.69) is 37.4 Å². The van der Waals surface area contributed by atoms with E-state index in [0.29, 0.717) is 12.1 Å². The van der Waals surface area contributed by atoms with Crippen molar-refractivity contribution >= 4 is 6.09 Å². The van der Waals surface area contributed by atoms with Crippen molar-refractivity contribution in [1.29, 1.82) is 0 Å². The maximum atomic E-state index is 12.4. The maximum absolute atomic E-state index is 12.4. The van der Waals surface area contributed by atoms with E-state index in [1.165, 1.54) is 29.5 Å². The first kappa shape index (κ1) is 18.2. The van der Waals surface area contributed by atoms with Crippen LogP contribution in [0.5, 0.6) is 0 Å². The lowest BCUT2D eigenvalue weighted by Gasteiger charge is -2.39. The number of piperidine rings is 1. The minimum absolute atomic E-state index is 0.180. The van der Waals surface area contributed by atoms with Crippen molar-refractivity contribution in [2.24, 2.45) is 0 Å². The number of likely N-dealkylation sites (tertiary alicyclic amines) is 1. The number of hydrogen-bond donors (Lipinski definition) is 1. The van der Waals surface area contributed by atoms with Crippen LogP contribution in [0.15, 0.2) is 18.2 Å². The number of fused-ring (bicyclic) bond motifs is 1. The molecule has 4 nitrogen and oxygen atoms in total. The monoisotopic (exact) mass is 344 g/mol. The summed E-state index contributed by atoms with van der Waals surface area (Å²) in [5.74, 6) is 0. The zero-order chi connectivity index (χ0) is 18.2. The molecule has 25 heavy (non-hydrogen) atoms. The number of nitrogens with one attached hydrogen (secondary N) is 1. The van der Waals surface area contributed by atoms with Gasteiger partial charge < -0.3 is 15.0 Å². The van der Waals surface area contributed by atoms with Gasteiger partial charge in [0.15, 0.2) is 0 Å². The average molecular weight is 344 g/mol. The second-order valence-corrected chi connectivity index (χ2v) is 8.70. The van der Waals surface area contributed by atoms with E-state index >= 15 is 0 Å². The zero-order valence-corrected chi connectivity index (χ0v) is 16.3. The molecule has 138 valence electrons. The molecule has 3 atom stereocenters. The second kappa shape index (κ2) is 6.99. The van der Waals surface area contributed by atoms with E-state index < -0.39 is 5.60 Å². The van der Waals surface area contributed by atoms with Crippen molar-refractivity contribution in [3.05, 3.63) is 34.9 Å². The van der Waals surface area contributed by atoms with Crippen LogP contribution in [-0.2, 0) is 11.2 Å². The summed E-state index contributed by atoms with van der Waals surface area (Å²) in [5.41, 5.74) is 3.86. The van der Waals surface area contributed by atoms with Gasteiger partial charge in [0.05, 0.1) is 0 Å². The van der Waals surface area contributed by atoms with Gasteiger partial charge in [0.25, 0.3) is 0 Å². The molecule has 4 heteroatoms. The summed E-state index contributed by atoms with van der Waals surface area (Å²) in [7, 11) is 0. The maximum Gasteiger partial charge on any atom is 0.410 e. The summed E-state index contributed by atoms with van der Waals surface area (Å²) in [6, 6.07) is 7.95. The van der Waals surface area contributed by atoms with Crippen LogP contribution in [0.25, 0.3) is 0 Å². The molecule has 0 spiro atoms. The fraction of sp³-hybridized carbons (Fsp3) is 0.667. The Hall–Kier alpha value is -1.55. The highest BCUT2D eigenvalue weighted by Crippen LogP contribution is 2.33. The van der Waals surface area contributed by atoms with Crippen molar-refractivity contribution in [3.8, 4) is 0 Å². The number of amides is 1. The molecular formula is C21H32N2O2. The van der Waals surface area contributed by atoms with E-state index in [-0.39, 0.29) is 12.1 Å². The van der Waals surface area contributed by atoms with Gasteiger partial charge in [0, 0.05) is 24.7 Å². The summed E-state index contributed by atoms with van der Waals surface area (Å²) in [5, 5.41) is 3.86. The lowest BCUT2D eigenvalue weighted by atomic mass is 9.96. The second-order valence-electron chi connectivity index (χ2n) is 8.70. The molecule has 3 unspecified atom stereocenters. The van der Waals surface area contributed by atoms with Crippen LogP contribution in [0.2, 0.25) is 0 Å². The fourth-order valence-electron chi connectivity index (χ4n) is 4.09. The largest absolute Gasteiger partial charge is 0.444 e. The number of ether oxygens (including phenoxy) is 1. The van der Waals surface area contributed by atoms with E-state index in [9.17, 15) is 4.79 Å². The summed E-state index contributed by atoms with van der Waals surface area (Å²) in [4.78, 5) is 14.2. The van der Waals surface area contributed by atoms with Gasteiger partial charge >= 0.3 is 6.09 Å². The van der Waals surface area contributed by atoms with Crippen LogP contribution < -0.4 is 5.32 Å². The third-order valence-electron chi connectivity index (χ3n) is 5.32. The Morgan fingerprint density at radius 1 is 1.28 bits per heavy atom. The summed E-state index contributed by atoms with van der Waals surface area (Å²) in [6.07, 6.45) is 4.14. The molecule has 1 amide bonds. The number of nitrogens with zero attached hydrogens (tertiary/aromatic N) is 1. The molecule has 1 saturated heterocycles. The number of hydrogen-bond acceptors (Lipinski definition) is 3. The molecule has 1 heterocycles. The molecule has 1 aromatic rings. The van der Waals surface area contributed by atoms with E-state index in [4.69, 9.17) is 4.74 Å². The molecule has 1 aliphatic carbocycles. The molecule has 1 aliphatic heterocycles. The molecule has 1 N–H and O–H groups in total. The highest BCUT2D eigenvalue weighted by molar-refractivity contribution is 5.68. The molecule has 2 aliphatic rings. The van der Waals surface area contributed by atoms with E-state index in [1.54, 1.807) is 0 Å². The number of carbonyl (C=O) groups is 1. The number of rotatable bonds is 2. The Bertz CT molecular complexity index is 635. The molecule has 1 aromatic carbocycles. The van der Waals surface area contributed by atoms with Crippen molar-refractivity contribution in [1.82, 2.24) is 10.2 Å². The predicted molar refractivity (Wildman–Crippen MR) is 101 cm³/mol. The normalized spacial score (nSPS) is 26.4. The molecule has 0 bridgehead atoms. The summed E-state index contributed by atoms with van der Waals surface area (Å²) >= 11 is 0. The first-order chi connectivity index (χ1) is 11.7. The molecule has 0 aromatic heterocycles. The lowest BCUT2D eigenvalue weighted by Crippen LogP contribution is -2.51. The molecule has 0 saturated carbocycles. The van der Waals surface area contributed by atoms with Gasteiger partial charge in [0.1, 0.15) is 5.60 Å². The molecule has 3 rings (SSSR count). The van der Waals surface area contributed by atoms with E-state index in [0.717, 1.165) is 19.4 Å². The van der Waals surface area contributed by atoms with Crippen LogP contribution >= 0.6 is 0 Å². The number of benzene rings is 1. The van der Waals surface area contributed by atoms with Gasteiger partial charge in [0.2, 0.25) is 0 Å². The van der Waals surface area contributed by atoms with Gasteiger partial charge in [-0.1, -0.05) is 23.8 Å². The highest BCUT2D eigenvalue weighted by atomic mass is 16.6. The van der Waals surface area contributed by atoms with Crippen molar-refractivity contribution in [3.63, 3.8) is 0 Å². The Balaban J connectivity index is 1.58. The third kappa shape index (κ3) is 4.35. The van der Waals surface area contributed by atoms with Gasteiger partial charge in [-0.3, -0.25) is 0 Å². The van der Waals surface area contributed by atoms with Crippen LogP contribution in [0, 0.1) is 6.92 Å². The number of carbonyl (C=O) groups excluding carboxylic acids is 1. The Morgan fingerprint density at radius 3 is 2.72 bits per heavy atom. The van der Waals surface area contributed by atoms with Gasteiger partial charge in [-0.15, -0.1) is 0 Å². The van der Waals surface area contributed by atoms with Gasteiger partial charge in [-0.25, -0.2) is 4.79 Å². The minimum atomic E-state index is -0.433. The topological polar surface area (TPSA) is 41.6 Å². The third-order valence-corrected chi connectivity index (χ3v) is 5.32. The summed E-state index contributed by atoms with van der Waals surface area (Å²) in [6.45, 7) is 10.8. The zero-order valence-electron chi connectivity index (χ0n) is 16.3. The van der Waals surface area contributed by atoms with Crippen LogP contribution in [0.4, 0.5) is 4.79 Å². The first-order valence-corrected chi connectivity index (χ1v) is 9.58. The standard InChI is InChI=1S/C21H32N2O2/c1-14-6-7-16-8-9-19(18(16)12-14)22-17-10-11-23(15(2)13-17)20(24)25-21(3,4)5/h6-7,12,15,17,19,22H,8-11,13H2,1-5H3. The summed E-state index contributed by atoms with van der Waals surface area (Å²) < 4.78 is 5.54. The Kier molecular flexibility index (Phi) is 5.10. The van der Waals surface area contributed by atoms with Crippen LogP contribution in [0.1, 0.15) is 69.7 Å². The quantitative estimate of drug-likeness (QED) is 0.867. The Labute approximate surface area is 151 Å². The van der Waals surface area contributed by atoms with Crippen LogP contribution in [0.3, 0.4) is 0 Å². The lowest BCUT2D eigenvalue weighted by molar-refractivity contribution is 0.00897. The fourth-order valence-corrected chi connectivity index (χ4v) is 4.09. The van der Waals surface area contributed by atoms with Crippen molar-refractivity contribution < 1.29 is 9.53 Å². The average Bonchev–Trinajstić information content (AvgIpc) is 2.88. The smallest absolute Gasteiger partial charge is 0.410 e. The SMILES string of the molecule is Cc1ccc2c(c1)C(NC1CCN(C(=O)OC(C)(C)C)C(C)C1)CC2. The minimum Gasteiger partial charge on any atom is -0.444 e. The highest BCUT2D eigenvalue weighted by Gasteiger charge is 2.33. The van der Waals surface area contributed by atoms with Crippen molar-refractivity contribution in [2.45, 2.75) is 84.0 Å². The number of aryl methyl sites for hydroxylation is 2. The van der Waals surface area contributed by atoms with Crippen molar-refractivity contribution in [2.75, 3.05) is 6.54 Å². The predicted octanol–water partition coefficient (Wildman–Crippen LogP) is 4.36. The Morgan fingerprint density at radius 2 is 2.04 bits per heavy atom. The first-order valence-electron chi connectivity index (χ1n) is 9.58.